The normalized spacial score (nSPS) is 25.0. The molecular weight excluding hydrogens is 432 g/mol. The standard InChI is InChI=1S/C27H28N2O5/c1-15-3-2-4-17-19(15)25(34)21-20(23(17)32)24(33)18-11-26(14-30,6-5-16(18)22(21)31)12-29-10-9-28-27(13-29)7-8-27/h2-4,14,28,31,33H,5-13H2,1H3. The van der Waals surface area contributed by atoms with Crippen molar-refractivity contribution in [2.75, 3.05) is 26.2 Å². The molecule has 4 aliphatic rings. The Balaban J connectivity index is 1.41. The second-order valence-corrected chi connectivity index (χ2v) is 10.6. The molecule has 1 saturated carbocycles. The lowest BCUT2D eigenvalue weighted by molar-refractivity contribution is -0.118. The Hall–Kier alpha value is -3.03. The highest BCUT2D eigenvalue weighted by atomic mass is 16.3. The van der Waals surface area contributed by atoms with Gasteiger partial charge in [0.2, 0.25) is 0 Å². The number of hydrogen-bond donors (Lipinski definition) is 3. The molecule has 1 aliphatic heterocycles. The van der Waals surface area contributed by atoms with Gasteiger partial charge in [0.25, 0.3) is 0 Å². The number of fused-ring (bicyclic) bond motifs is 3. The van der Waals surface area contributed by atoms with E-state index in [1.54, 1.807) is 25.1 Å². The van der Waals surface area contributed by atoms with E-state index in [9.17, 15) is 24.6 Å². The molecule has 0 bridgehead atoms. The number of phenols is 2. The van der Waals surface area contributed by atoms with Gasteiger partial charge in [-0.05, 0) is 44.6 Å². The molecule has 2 aromatic carbocycles. The number of nitrogens with one attached hydrogen (secondary N) is 1. The lowest BCUT2D eigenvalue weighted by Gasteiger charge is -2.42. The van der Waals surface area contributed by atoms with Crippen LogP contribution in [0, 0.1) is 12.3 Å². The fourth-order valence-electron chi connectivity index (χ4n) is 6.34. The molecule has 3 N–H and O–H groups in total. The topological polar surface area (TPSA) is 107 Å². The molecule has 3 aliphatic carbocycles. The number of ketones is 2. The number of hydrogen-bond acceptors (Lipinski definition) is 7. The highest BCUT2D eigenvalue weighted by Gasteiger charge is 2.48. The van der Waals surface area contributed by atoms with Gasteiger partial charge in [-0.1, -0.05) is 18.2 Å². The molecule has 2 fully saturated rings. The van der Waals surface area contributed by atoms with Crippen LogP contribution in [0.25, 0.3) is 0 Å². The Morgan fingerprint density at radius 2 is 1.76 bits per heavy atom. The molecule has 176 valence electrons. The molecule has 0 amide bonds. The van der Waals surface area contributed by atoms with Gasteiger partial charge in [-0.3, -0.25) is 14.5 Å². The van der Waals surface area contributed by atoms with E-state index in [2.05, 4.69) is 10.2 Å². The Morgan fingerprint density at radius 1 is 1.03 bits per heavy atom. The molecule has 0 aromatic heterocycles. The first-order valence-electron chi connectivity index (χ1n) is 12.0. The van der Waals surface area contributed by atoms with Gasteiger partial charge in [0.1, 0.15) is 17.8 Å². The first kappa shape index (κ1) is 21.5. The number of benzene rings is 2. The van der Waals surface area contributed by atoms with Crippen LogP contribution in [0.2, 0.25) is 0 Å². The third kappa shape index (κ3) is 3.00. The number of piperazine rings is 1. The number of aromatic hydroxyl groups is 2. The molecule has 34 heavy (non-hydrogen) atoms. The van der Waals surface area contributed by atoms with E-state index in [0.29, 0.717) is 36.1 Å². The van der Waals surface area contributed by atoms with Crippen LogP contribution in [0.15, 0.2) is 18.2 Å². The minimum absolute atomic E-state index is 0.112. The van der Waals surface area contributed by atoms with Crippen LogP contribution >= 0.6 is 0 Å². The van der Waals surface area contributed by atoms with E-state index >= 15 is 0 Å². The Kier molecular flexibility index (Phi) is 4.57. The van der Waals surface area contributed by atoms with Gasteiger partial charge in [0, 0.05) is 59.4 Å². The van der Waals surface area contributed by atoms with Crippen molar-refractivity contribution in [3.05, 3.63) is 57.1 Å². The monoisotopic (exact) mass is 460 g/mol. The fraction of sp³-hybridized carbons (Fsp3) is 0.444. The fourth-order valence-corrected chi connectivity index (χ4v) is 6.34. The molecule has 0 radical (unpaired) electrons. The van der Waals surface area contributed by atoms with E-state index in [1.807, 2.05) is 0 Å². The number of carbonyl (C=O) groups excluding carboxylic acids is 3. The minimum atomic E-state index is -0.713. The molecule has 1 spiro atoms. The van der Waals surface area contributed by atoms with Gasteiger partial charge in [0.15, 0.2) is 11.6 Å². The van der Waals surface area contributed by atoms with Gasteiger partial charge in [0.05, 0.1) is 11.1 Å². The first-order chi connectivity index (χ1) is 16.3. The van der Waals surface area contributed by atoms with Gasteiger partial charge >= 0.3 is 0 Å². The summed E-state index contributed by atoms with van der Waals surface area (Å²) in [6.07, 6.45) is 4.40. The number of rotatable bonds is 3. The van der Waals surface area contributed by atoms with Crippen LogP contribution in [0.4, 0.5) is 0 Å². The summed E-state index contributed by atoms with van der Waals surface area (Å²) in [6, 6.07) is 5.04. The highest BCUT2D eigenvalue weighted by Crippen LogP contribution is 2.49. The Labute approximate surface area is 197 Å². The Bertz CT molecular complexity index is 1280. The Morgan fingerprint density at radius 3 is 2.50 bits per heavy atom. The van der Waals surface area contributed by atoms with Crippen molar-refractivity contribution in [3.63, 3.8) is 0 Å². The third-order valence-electron chi connectivity index (χ3n) is 8.36. The van der Waals surface area contributed by atoms with Crippen LogP contribution in [-0.2, 0) is 17.6 Å². The van der Waals surface area contributed by atoms with Crippen LogP contribution in [0.3, 0.4) is 0 Å². The van der Waals surface area contributed by atoms with Crippen LogP contribution in [-0.4, -0.2) is 64.7 Å². The summed E-state index contributed by atoms with van der Waals surface area (Å²) in [5.74, 6) is -1.41. The summed E-state index contributed by atoms with van der Waals surface area (Å²) < 4.78 is 0. The van der Waals surface area contributed by atoms with E-state index < -0.39 is 17.0 Å². The summed E-state index contributed by atoms with van der Waals surface area (Å²) in [5.41, 5.74) is 1.29. The van der Waals surface area contributed by atoms with Gasteiger partial charge in [-0.15, -0.1) is 0 Å². The maximum absolute atomic E-state index is 13.4. The zero-order valence-electron chi connectivity index (χ0n) is 19.2. The van der Waals surface area contributed by atoms with Crippen molar-refractivity contribution in [2.24, 2.45) is 5.41 Å². The number of phenolic OH excluding ortho intramolecular Hbond substituents is 2. The maximum atomic E-state index is 13.4. The second kappa shape index (κ2) is 7.23. The maximum Gasteiger partial charge on any atom is 0.198 e. The number of aryl methyl sites for hydroxylation is 1. The van der Waals surface area contributed by atoms with Gasteiger partial charge in [-0.25, -0.2) is 0 Å². The van der Waals surface area contributed by atoms with E-state index in [1.165, 1.54) is 0 Å². The van der Waals surface area contributed by atoms with Crippen molar-refractivity contribution < 1.29 is 24.6 Å². The molecule has 1 unspecified atom stereocenters. The van der Waals surface area contributed by atoms with Crippen LogP contribution in [0.5, 0.6) is 11.5 Å². The van der Waals surface area contributed by atoms with Gasteiger partial charge in [-0.2, -0.15) is 0 Å². The average Bonchev–Trinajstić information content (AvgIpc) is 3.57. The number of nitrogens with zero attached hydrogens (tertiary/aromatic N) is 1. The van der Waals surface area contributed by atoms with Crippen LogP contribution < -0.4 is 5.32 Å². The summed E-state index contributed by atoms with van der Waals surface area (Å²) in [7, 11) is 0. The largest absolute Gasteiger partial charge is 0.507 e. The molecule has 6 rings (SSSR count). The first-order valence-corrected chi connectivity index (χ1v) is 12.0. The molecule has 7 nitrogen and oxygen atoms in total. The lowest BCUT2D eigenvalue weighted by atomic mass is 9.69. The van der Waals surface area contributed by atoms with Crippen LogP contribution in [0.1, 0.15) is 67.8 Å². The summed E-state index contributed by atoms with van der Waals surface area (Å²) in [4.78, 5) is 41.5. The summed E-state index contributed by atoms with van der Waals surface area (Å²) in [6.45, 7) is 4.98. The molecule has 1 heterocycles. The number of carbonyl (C=O) groups is 3. The van der Waals surface area contributed by atoms with E-state index in [-0.39, 0.29) is 45.7 Å². The van der Waals surface area contributed by atoms with Gasteiger partial charge < -0.3 is 20.3 Å². The molecule has 2 aromatic rings. The predicted octanol–water partition coefficient (Wildman–Crippen LogP) is 2.29. The number of aldehydes is 1. The van der Waals surface area contributed by atoms with Crippen molar-refractivity contribution in [1.29, 1.82) is 0 Å². The van der Waals surface area contributed by atoms with Crippen molar-refractivity contribution in [1.82, 2.24) is 10.2 Å². The summed E-state index contributed by atoms with van der Waals surface area (Å²) in [5, 5.41) is 26.0. The van der Waals surface area contributed by atoms with Crippen molar-refractivity contribution >= 4 is 17.9 Å². The zero-order chi connectivity index (χ0) is 23.8. The quantitative estimate of drug-likeness (QED) is 0.407. The smallest absolute Gasteiger partial charge is 0.198 e. The highest BCUT2D eigenvalue weighted by molar-refractivity contribution is 6.31. The van der Waals surface area contributed by atoms with E-state index in [4.69, 9.17) is 0 Å². The molecular formula is C27H28N2O5. The second-order valence-electron chi connectivity index (χ2n) is 10.6. The summed E-state index contributed by atoms with van der Waals surface area (Å²) >= 11 is 0. The van der Waals surface area contributed by atoms with Crippen molar-refractivity contribution in [3.8, 4) is 11.5 Å². The SMILES string of the molecule is Cc1cccc2c1C(=O)c1c(O)c3c(c(O)c1C2=O)CC(C=O)(CN1CCNC2(CC2)C1)CC3. The average molecular weight is 461 g/mol. The van der Waals surface area contributed by atoms with E-state index in [0.717, 1.165) is 38.8 Å². The predicted molar refractivity (Wildman–Crippen MR) is 125 cm³/mol. The minimum Gasteiger partial charge on any atom is -0.507 e. The zero-order valence-corrected chi connectivity index (χ0v) is 19.2. The molecule has 1 atom stereocenters. The molecule has 7 heteroatoms. The third-order valence-corrected chi connectivity index (χ3v) is 8.36. The van der Waals surface area contributed by atoms with Crippen molar-refractivity contribution in [2.45, 2.75) is 44.6 Å². The molecule has 1 saturated heterocycles. The lowest BCUT2D eigenvalue weighted by Crippen LogP contribution is -2.55.